The minimum absolute atomic E-state index is 0.568. The molecule has 0 unspecified atom stereocenters. The second-order valence-electron chi connectivity index (χ2n) is 12.9. The molecule has 0 aliphatic heterocycles. The molecule has 0 amide bonds. The average molecular weight is 654 g/mol. The zero-order valence-electron chi connectivity index (χ0n) is 27.2. The molecule has 0 saturated heterocycles. The van der Waals surface area contributed by atoms with Crippen molar-refractivity contribution in [2.75, 3.05) is 0 Å². The molecule has 4 aromatic heterocycles. The van der Waals surface area contributed by atoms with Gasteiger partial charge in [0, 0.05) is 43.7 Å². The lowest BCUT2D eigenvalue weighted by Crippen LogP contribution is -2.06. The Balaban J connectivity index is 1.29. The van der Waals surface area contributed by atoms with Crippen LogP contribution in [0.1, 0.15) is 0 Å². The molecule has 4 heterocycles. The van der Waals surface area contributed by atoms with Crippen molar-refractivity contribution in [2.45, 2.75) is 0 Å². The zero-order chi connectivity index (χ0) is 33.5. The van der Waals surface area contributed by atoms with E-state index >= 15 is 0 Å². The maximum absolute atomic E-state index is 6.40. The van der Waals surface area contributed by atoms with E-state index in [0.717, 1.165) is 71.6 Å². The van der Waals surface area contributed by atoms with E-state index in [-0.39, 0.29) is 0 Å². The Hall–Kier alpha value is -7.05. The number of benzene rings is 7. The topological polar surface area (TPSA) is 61.7 Å². The Kier molecular flexibility index (Phi) is 5.86. The zero-order valence-corrected chi connectivity index (χ0v) is 27.2. The summed E-state index contributed by atoms with van der Waals surface area (Å²) in [7, 11) is 0. The van der Waals surface area contributed by atoms with Gasteiger partial charge in [0.15, 0.2) is 11.6 Å². The van der Waals surface area contributed by atoms with Crippen molar-refractivity contribution in [1.29, 1.82) is 0 Å². The molecule has 6 nitrogen and oxygen atoms in total. The Morgan fingerprint density at radius 2 is 0.980 bits per heavy atom. The molecule has 7 aromatic carbocycles. The summed E-state index contributed by atoms with van der Waals surface area (Å²) in [5.41, 5.74) is 8.95. The summed E-state index contributed by atoms with van der Waals surface area (Å²) in [5, 5.41) is 6.81. The van der Waals surface area contributed by atoms with Gasteiger partial charge >= 0.3 is 0 Å². The van der Waals surface area contributed by atoms with Gasteiger partial charge in [-0.3, -0.25) is 4.57 Å². The lowest BCUT2D eigenvalue weighted by Gasteiger charge is -2.11. The molecule has 0 N–H and O–H groups in total. The van der Waals surface area contributed by atoms with Gasteiger partial charge in [0.2, 0.25) is 5.95 Å². The van der Waals surface area contributed by atoms with Crippen molar-refractivity contribution in [3.63, 3.8) is 0 Å². The van der Waals surface area contributed by atoms with Crippen LogP contribution in [0.3, 0.4) is 0 Å². The first kappa shape index (κ1) is 27.9. The first-order valence-electron chi connectivity index (χ1n) is 17.0. The van der Waals surface area contributed by atoms with Crippen molar-refractivity contribution < 1.29 is 4.42 Å². The molecule has 11 aromatic rings. The molecule has 0 radical (unpaired) electrons. The number of aromatic nitrogens is 5. The van der Waals surface area contributed by atoms with Crippen LogP contribution < -0.4 is 0 Å². The average Bonchev–Trinajstić information content (AvgIpc) is 3.85. The maximum atomic E-state index is 6.40. The lowest BCUT2D eigenvalue weighted by atomic mass is 10.1. The monoisotopic (exact) mass is 653 g/mol. The highest BCUT2D eigenvalue weighted by atomic mass is 16.3. The van der Waals surface area contributed by atoms with E-state index in [1.165, 1.54) is 10.8 Å². The van der Waals surface area contributed by atoms with Crippen molar-refractivity contribution >= 4 is 65.6 Å². The molecule has 6 heteroatoms. The van der Waals surface area contributed by atoms with Crippen LogP contribution in [0.25, 0.3) is 100.0 Å². The summed E-state index contributed by atoms with van der Waals surface area (Å²) in [6, 6.07) is 56.6. The molecule has 11 rings (SSSR count). The fourth-order valence-electron chi connectivity index (χ4n) is 7.73. The van der Waals surface area contributed by atoms with Gasteiger partial charge in [-0.05, 0) is 48.5 Å². The SMILES string of the molecule is c1ccc(-c2nc(-c3ccccc3)nc(-n3c4ccccc4c4cc5c6ccc7oc8ccccc8c7c6n(-c6ccccc6)c5cc43)n2)cc1. The summed E-state index contributed by atoms with van der Waals surface area (Å²) < 4.78 is 11.0. The molecule has 0 saturated carbocycles. The highest BCUT2D eigenvalue weighted by molar-refractivity contribution is 6.26. The Bertz CT molecular complexity index is 3060. The molecule has 0 bridgehead atoms. The number of para-hydroxylation sites is 3. The smallest absolute Gasteiger partial charge is 0.238 e. The van der Waals surface area contributed by atoms with Crippen molar-refractivity contribution in [2.24, 2.45) is 0 Å². The van der Waals surface area contributed by atoms with Crippen molar-refractivity contribution in [3.05, 3.63) is 164 Å². The molecule has 238 valence electrons. The number of rotatable bonds is 4. The Morgan fingerprint density at radius 1 is 0.392 bits per heavy atom. The third-order valence-corrected chi connectivity index (χ3v) is 9.96. The third kappa shape index (κ3) is 4.14. The maximum Gasteiger partial charge on any atom is 0.238 e. The largest absolute Gasteiger partial charge is 0.456 e. The predicted molar refractivity (Wildman–Crippen MR) is 207 cm³/mol. The van der Waals surface area contributed by atoms with E-state index < -0.39 is 0 Å². The summed E-state index contributed by atoms with van der Waals surface area (Å²) in [5.74, 6) is 1.82. The number of furan rings is 1. The van der Waals surface area contributed by atoms with Gasteiger partial charge in [0.25, 0.3) is 0 Å². The first-order chi connectivity index (χ1) is 25.3. The van der Waals surface area contributed by atoms with E-state index in [9.17, 15) is 0 Å². The van der Waals surface area contributed by atoms with Crippen LogP contribution in [0, 0.1) is 0 Å². The molecular formula is C45H27N5O. The standard InChI is InChI=1S/C45H27N5O/c1-4-14-28(15-5-1)43-46-44(29-16-6-2-7-17-29)48-45(47-43)50-36-22-12-10-20-31(36)34-26-35-32-24-25-40-41(33-21-11-13-23-39(33)51-40)42(32)49(37(35)27-38(34)50)30-18-8-3-9-19-30/h1-27H. The molecule has 0 fully saturated rings. The minimum atomic E-state index is 0.568. The van der Waals surface area contributed by atoms with Gasteiger partial charge in [-0.25, -0.2) is 4.98 Å². The van der Waals surface area contributed by atoms with E-state index in [1.807, 2.05) is 72.8 Å². The quantitative estimate of drug-likeness (QED) is 0.190. The van der Waals surface area contributed by atoms with Crippen molar-refractivity contribution in [1.82, 2.24) is 24.1 Å². The lowest BCUT2D eigenvalue weighted by molar-refractivity contribution is 0.669. The normalized spacial score (nSPS) is 11.9. The van der Waals surface area contributed by atoms with Gasteiger partial charge in [-0.15, -0.1) is 0 Å². The molecule has 0 atom stereocenters. The number of fused-ring (bicyclic) bond motifs is 10. The van der Waals surface area contributed by atoms with Crippen LogP contribution in [-0.4, -0.2) is 24.1 Å². The fraction of sp³-hybridized carbons (Fsp3) is 0. The highest BCUT2D eigenvalue weighted by Crippen LogP contribution is 2.43. The summed E-state index contributed by atoms with van der Waals surface area (Å²) in [6.45, 7) is 0. The molecule has 51 heavy (non-hydrogen) atoms. The van der Waals surface area contributed by atoms with E-state index in [1.54, 1.807) is 0 Å². The van der Waals surface area contributed by atoms with Gasteiger partial charge in [-0.2, -0.15) is 9.97 Å². The van der Waals surface area contributed by atoms with Crippen LogP contribution in [-0.2, 0) is 0 Å². The minimum Gasteiger partial charge on any atom is -0.456 e. The van der Waals surface area contributed by atoms with Gasteiger partial charge < -0.3 is 8.98 Å². The summed E-state index contributed by atoms with van der Waals surface area (Å²) in [4.78, 5) is 15.3. The van der Waals surface area contributed by atoms with Crippen LogP contribution >= 0.6 is 0 Å². The molecule has 0 spiro atoms. The second kappa shape index (κ2) is 10.7. The van der Waals surface area contributed by atoms with Crippen LogP contribution in [0.4, 0.5) is 0 Å². The van der Waals surface area contributed by atoms with E-state index in [0.29, 0.717) is 17.6 Å². The second-order valence-corrected chi connectivity index (χ2v) is 12.9. The van der Waals surface area contributed by atoms with Crippen molar-refractivity contribution in [3.8, 4) is 34.4 Å². The Labute approximate surface area is 291 Å². The predicted octanol–water partition coefficient (Wildman–Crippen LogP) is 11.3. The van der Waals surface area contributed by atoms with Crippen LogP contribution in [0.5, 0.6) is 0 Å². The summed E-state index contributed by atoms with van der Waals surface area (Å²) >= 11 is 0. The van der Waals surface area contributed by atoms with Crippen LogP contribution in [0.15, 0.2) is 168 Å². The van der Waals surface area contributed by atoms with Gasteiger partial charge in [-0.1, -0.05) is 115 Å². The Morgan fingerprint density at radius 3 is 1.71 bits per heavy atom. The number of hydrogen-bond donors (Lipinski definition) is 0. The molecule has 0 aliphatic rings. The van der Waals surface area contributed by atoms with Gasteiger partial charge in [0.05, 0.1) is 27.5 Å². The molecular weight excluding hydrogens is 627 g/mol. The van der Waals surface area contributed by atoms with E-state index in [4.69, 9.17) is 19.4 Å². The summed E-state index contributed by atoms with van der Waals surface area (Å²) in [6.07, 6.45) is 0. The number of hydrogen-bond acceptors (Lipinski definition) is 4. The van der Waals surface area contributed by atoms with E-state index in [2.05, 4.69) is 100 Å². The first-order valence-corrected chi connectivity index (χ1v) is 17.0. The third-order valence-electron chi connectivity index (χ3n) is 9.96. The van der Waals surface area contributed by atoms with Gasteiger partial charge in [0.1, 0.15) is 11.2 Å². The fourth-order valence-corrected chi connectivity index (χ4v) is 7.73. The number of nitrogens with zero attached hydrogens (tertiary/aromatic N) is 5. The molecule has 0 aliphatic carbocycles. The highest BCUT2D eigenvalue weighted by Gasteiger charge is 2.23. The van der Waals surface area contributed by atoms with Crippen LogP contribution in [0.2, 0.25) is 0 Å².